The van der Waals surface area contributed by atoms with Gasteiger partial charge < -0.3 is 4.74 Å². The molecule has 0 N–H and O–H groups in total. The Balaban J connectivity index is 1.76. The summed E-state index contributed by atoms with van der Waals surface area (Å²) in [4.78, 5) is 12.2. The van der Waals surface area contributed by atoms with E-state index in [2.05, 4.69) is 37.3 Å². The number of esters is 1. The van der Waals surface area contributed by atoms with Crippen LogP contribution in [0.5, 0.6) is 0 Å². The van der Waals surface area contributed by atoms with E-state index < -0.39 is 0 Å². The van der Waals surface area contributed by atoms with Crippen molar-refractivity contribution in [1.29, 1.82) is 0 Å². The highest BCUT2D eigenvalue weighted by atomic mass is 16.5. The lowest BCUT2D eigenvalue weighted by Gasteiger charge is -2.20. The molecule has 0 amide bonds. The molecule has 0 bridgehead atoms. The standard InChI is InChI=1S/C23H36O2/c1-2-3-4-8-15-23(24)25-22(19-17-21-13-9-10-14-21)18-16-20-11-6-5-7-12-20/h5-7,11-12,21-22H,2-4,8-10,13-19H2,1H3. The normalized spacial score (nSPS) is 16.0. The number of unbranched alkanes of at least 4 members (excludes halogenated alkanes) is 3. The third kappa shape index (κ3) is 8.56. The van der Waals surface area contributed by atoms with Gasteiger partial charge in [0.1, 0.15) is 6.10 Å². The molecule has 140 valence electrons. The molecule has 2 rings (SSSR count). The Kier molecular flexibility index (Phi) is 9.69. The van der Waals surface area contributed by atoms with Gasteiger partial charge in [-0.3, -0.25) is 4.79 Å². The number of benzene rings is 1. The van der Waals surface area contributed by atoms with Gasteiger partial charge >= 0.3 is 5.97 Å². The SMILES string of the molecule is CCCCCCC(=O)OC(CCc1ccccc1)CCC1CCCC1. The minimum absolute atomic E-state index is 0.0144. The molecule has 25 heavy (non-hydrogen) atoms. The van der Waals surface area contributed by atoms with Gasteiger partial charge in [-0.2, -0.15) is 0 Å². The molecule has 1 aliphatic carbocycles. The monoisotopic (exact) mass is 344 g/mol. The molecule has 1 atom stereocenters. The maximum atomic E-state index is 12.2. The molecule has 0 spiro atoms. The van der Waals surface area contributed by atoms with Crippen molar-refractivity contribution < 1.29 is 9.53 Å². The molecule has 0 heterocycles. The van der Waals surface area contributed by atoms with E-state index in [1.807, 2.05) is 0 Å². The van der Waals surface area contributed by atoms with Crippen LogP contribution in [0.3, 0.4) is 0 Å². The maximum absolute atomic E-state index is 12.2. The molecule has 1 aromatic carbocycles. The number of carbonyl (C=O) groups excluding carboxylic acids is 1. The second-order valence-corrected chi connectivity index (χ2v) is 7.67. The van der Waals surface area contributed by atoms with E-state index in [9.17, 15) is 4.79 Å². The van der Waals surface area contributed by atoms with Crippen molar-refractivity contribution in [2.24, 2.45) is 5.92 Å². The zero-order valence-corrected chi connectivity index (χ0v) is 16.1. The maximum Gasteiger partial charge on any atom is 0.306 e. The van der Waals surface area contributed by atoms with Gasteiger partial charge in [0.2, 0.25) is 0 Å². The minimum Gasteiger partial charge on any atom is -0.462 e. The van der Waals surface area contributed by atoms with Crippen LogP contribution < -0.4 is 0 Å². The van der Waals surface area contributed by atoms with Crippen molar-refractivity contribution in [2.45, 2.75) is 96.5 Å². The van der Waals surface area contributed by atoms with Crippen molar-refractivity contribution in [1.82, 2.24) is 0 Å². The molecule has 1 unspecified atom stereocenters. The first-order chi connectivity index (χ1) is 12.3. The smallest absolute Gasteiger partial charge is 0.306 e. The van der Waals surface area contributed by atoms with Crippen LogP contribution >= 0.6 is 0 Å². The van der Waals surface area contributed by atoms with Crippen molar-refractivity contribution in [3.63, 3.8) is 0 Å². The van der Waals surface area contributed by atoms with Gasteiger partial charge in [0.25, 0.3) is 0 Å². The summed E-state index contributed by atoms with van der Waals surface area (Å²) < 4.78 is 5.87. The van der Waals surface area contributed by atoms with E-state index >= 15 is 0 Å². The molecule has 1 fully saturated rings. The summed E-state index contributed by atoms with van der Waals surface area (Å²) in [7, 11) is 0. The Morgan fingerprint density at radius 1 is 1.08 bits per heavy atom. The Bertz CT molecular complexity index is 462. The minimum atomic E-state index is 0.0144. The summed E-state index contributed by atoms with van der Waals surface area (Å²) in [5.74, 6) is 0.878. The molecule has 1 aromatic rings. The summed E-state index contributed by atoms with van der Waals surface area (Å²) in [6, 6.07) is 10.6. The zero-order chi connectivity index (χ0) is 17.7. The topological polar surface area (TPSA) is 26.3 Å². The van der Waals surface area contributed by atoms with Crippen molar-refractivity contribution in [3.8, 4) is 0 Å². The molecule has 1 aliphatic rings. The Morgan fingerprint density at radius 2 is 1.84 bits per heavy atom. The zero-order valence-electron chi connectivity index (χ0n) is 16.1. The second-order valence-electron chi connectivity index (χ2n) is 7.67. The summed E-state index contributed by atoms with van der Waals surface area (Å²) in [6.45, 7) is 2.20. The fourth-order valence-electron chi connectivity index (χ4n) is 3.90. The van der Waals surface area contributed by atoms with Crippen LogP contribution in [0.25, 0.3) is 0 Å². The van der Waals surface area contributed by atoms with E-state index in [0.717, 1.165) is 38.0 Å². The molecule has 0 saturated heterocycles. The van der Waals surface area contributed by atoms with Crippen LogP contribution in [0.1, 0.15) is 89.5 Å². The van der Waals surface area contributed by atoms with E-state index in [0.29, 0.717) is 6.42 Å². The van der Waals surface area contributed by atoms with Crippen LogP contribution in [-0.2, 0) is 16.0 Å². The molecule has 2 nitrogen and oxygen atoms in total. The third-order valence-corrected chi connectivity index (χ3v) is 5.50. The highest BCUT2D eigenvalue weighted by Crippen LogP contribution is 2.30. The largest absolute Gasteiger partial charge is 0.462 e. The fourth-order valence-corrected chi connectivity index (χ4v) is 3.90. The highest BCUT2D eigenvalue weighted by molar-refractivity contribution is 5.69. The number of ether oxygens (including phenoxy) is 1. The van der Waals surface area contributed by atoms with Crippen LogP contribution in [-0.4, -0.2) is 12.1 Å². The average molecular weight is 345 g/mol. The van der Waals surface area contributed by atoms with E-state index in [-0.39, 0.29) is 12.1 Å². The van der Waals surface area contributed by atoms with E-state index in [4.69, 9.17) is 4.74 Å². The van der Waals surface area contributed by atoms with Crippen LogP contribution in [0.15, 0.2) is 30.3 Å². The van der Waals surface area contributed by atoms with Gasteiger partial charge in [-0.05, 0) is 43.6 Å². The Hall–Kier alpha value is -1.31. The first kappa shape index (κ1) is 20.0. The van der Waals surface area contributed by atoms with Gasteiger partial charge in [0.15, 0.2) is 0 Å². The summed E-state index contributed by atoms with van der Waals surface area (Å²) in [6.07, 6.45) is 15.0. The van der Waals surface area contributed by atoms with E-state index in [1.54, 1.807) is 0 Å². The van der Waals surface area contributed by atoms with Crippen LogP contribution in [0.2, 0.25) is 0 Å². The predicted octanol–water partition coefficient (Wildman–Crippen LogP) is 6.47. The summed E-state index contributed by atoms with van der Waals surface area (Å²) >= 11 is 0. The first-order valence-corrected chi connectivity index (χ1v) is 10.5. The Labute approximate surface area is 154 Å². The lowest BCUT2D eigenvalue weighted by molar-refractivity contribution is -0.150. The predicted molar refractivity (Wildman–Crippen MR) is 105 cm³/mol. The lowest BCUT2D eigenvalue weighted by atomic mass is 9.96. The van der Waals surface area contributed by atoms with Gasteiger partial charge in [0, 0.05) is 6.42 Å². The van der Waals surface area contributed by atoms with Gasteiger partial charge in [0.05, 0.1) is 0 Å². The Morgan fingerprint density at radius 3 is 2.56 bits per heavy atom. The van der Waals surface area contributed by atoms with Gasteiger partial charge in [-0.25, -0.2) is 0 Å². The first-order valence-electron chi connectivity index (χ1n) is 10.5. The summed E-state index contributed by atoms with van der Waals surface area (Å²) in [5, 5.41) is 0. The molecular weight excluding hydrogens is 308 g/mol. The molecule has 0 aliphatic heterocycles. The molecule has 0 radical (unpaired) electrons. The van der Waals surface area contributed by atoms with Crippen molar-refractivity contribution in [3.05, 3.63) is 35.9 Å². The highest BCUT2D eigenvalue weighted by Gasteiger charge is 2.20. The second kappa shape index (κ2) is 12.1. The quantitative estimate of drug-likeness (QED) is 0.321. The molecular formula is C23H36O2. The lowest BCUT2D eigenvalue weighted by Crippen LogP contribution is -2.20. The number of hydrogen-bond donors (Lipinski definition) is 0. The number of hydrogen-bond acceptors (Lipinski definition) is 2. The number of rotatable bonds is 12. The van der Waals surface area contributed by atoms with Crippen LogP contribution in [0, 0.1) is 5.92 Å². The number of aryl methyl sites for hydroxylation is 1. The average Bonchev–Trinajstić information content (AvgIpc) is 3.15. The molecule has 2 heteroatoms. The third-order valence-electron chi connectivity index (χ3n) is 5.50. The number of carbonyl (C=O) groups is 1. The van der Waals surface area contributed by atoms with E-state index in [1.165, 1.54) is 50.5 Å². The van der Waals surface area contributed by atoms with Crippen molar-refractivity contribution in [2.75, 3.05) is 0 Å². The molecule has 0 aromatic heterocycles. The molecule has 1 saturated carbocycles. The van der Waals surface area contributed by atoms with Crippen molar-refractivity contribution >= 4 is 5.97 Å². The van der Waals surface area contributed by atoms with Gasteiger partial charge in [-0.1, -0.05) is 82.2 Å². The van der Waals surface area contributed by atoms with Crippen LogP contribution in [0.4, 0.5) is 0 Å². The van der Waals surface area contributed by atoms with Gasteiger partial charge in [-0.15, -0.1) is 0 Å². The fraction of sp³-hybridized carbons (Fsp3) is 0.696. The summed E-state index contributed by atoms with van der Waals surface area (Å²) in [5.41, 5.74) is 1.34.